The van der Waals surface area contributed by atoms with Crippen LogP contribution in [0.3, 0.4) is 0 Å². The van der Waals surface area contributed by atoms with Gasteiger partial charge in [0.15, 0.2) is 0 Å². The van der Waals surface area contributed by atoms with Gasteiger partial charge in [-0.3, -0.25) is 0 Å². The molecule has 1 fully saturated rings. The van der Waals surface area contributed by atoms with Gasteiger partial charge in [0.1, 0.15) is 6.10 Å². The van der Waals surface area contributed by atoms with Crippen LogP contribution in [0.4, 0.5) is 0 Å². The molecular formula is C17H25NO2. The number of benzene rings is 1. The summed E-state index contributed by atoms with van der Waals surface area (Å²) in [4.78, 5) is 12.1. The maximum atomic E-state index is 12.1. The summed E-state index contributed by atoms with van der Waals surface area (Å²) in [6.45, 7) is 2.84. The van der Waals surface area contributed by atoms with Gasteiger partial charge in [-0.15, -0.1) is 0 Å². The monoisotopic (exact) mass is 275 g/mol. The Morgan fingerprint density at radius 3 is 2.70 bits per heavy atom. The maximum Gasteiger partial charge on any atom is 0.338 e. The third-order valence-electron chi connectivity index (χ3n) is 4.21. The van der Waals surface area contributed by atoms with E-state index < -0.39 is 0 Å². The van der Waals surface area contributed by atoms with Crippen molar-refractivity contribution in [1.29, 1.82) is 0 Å². The molecule has 0 saturated heterocycles. The van der Waals surface area contributed by atoms with Crippen molar-refractivity contribution in [2.24, 2.45) is 11.7 Å². The van der Waals surface area contributed by atoms with E-state index in [1.54, 1.807) is 0 Å². The Hall–Kier alpha value is -1.35. The molecule has 3 heteroatoms. The normalized spacial score (nSPS) is 22.5. The minimum atomic E-state index is -0.189. The molecule has 3 nitrogen and oxygen atoms in total. The smallest absolute Gasteiger partial charge is 0.338 e. The van der Waals surface area contributed by atoms with Crippen LogP contribution >= 0.6 is 0 Å². The molecule has 1 aliphatic rings. The van der Waals surface area contributed by atoms with E-state index in [0.29, 0.717) is 18.0 Å². The van der Waals surface area contributed by atoms with E-state index in [2.05, 4.69) is 6.92 Å². The molecule has 20 heavy (non-hydrogen) atoms. The number of nitrogens with two attached hydrogens (primary N) is 1. The highest BCUT2D eigenvalue weighted by atomic mass is 16.5. The number of esters is 1. The second-order valence-electron chi connectivity index (χ2n) is 5.70. The summed E-state index contributed by atoms with van der Waals surface area (Å²) in [6.07, 6.45) is 6.60. The number of ether oxygens (including phenoxy) is 1. The molecule has 0 spiro atoms. The molecule has 0 aliphatic heterocycles. The third-order valence-corrected chi connectivity index (χ3v) is 4.21. The van der Waals surface area contributed by atoms with Gasteiger partial charge < -0.3 is 10.5 Å². The number of rotatable bonds is 5. The van der Waals surface area contributed by atoms with Crippen LogP contribution in [-0.2, 0) is 11.2 Å². The highest BCUT2D eigenvalue weighted by molar-refractivity contribution is 5.89. The van der Waals surface area contributed by atoms with Crippen molar-refractivity contribution in [1.82, 2.24) is 0 Å². The molecule has 2 rings (SSSR count). The van der Waals surface area contributed by atoms with Gasteiger partial charge in [-0.2, -0.15) is 0 Å². The Morgan fingerprint density at radius 1 is 1.30 bits per heavy atom. The van der Waals surface area contributed by atoms with E-state index >= 15 is 0 Å². The lowest BCUT2D eigenvalue weighted by molar-refractivity contribution is 0.0140. The van der Waals surface area contributed by atoms with Crippen LogP contribution in [0.5, 0.6) is 0 Å². The van der Waals surface area contributed by atoms with Gasteiger partial charge in [0.05, 0.1) is 5.56 Å². The van der Waals surface area contributed by atoms with Crippen LogP contribution in [0.15, 0.2) is 24.3 Å². The first-order valence-corrected chi connectivity index (χ1v) is 7.73. The lowest BCUT2D eigenvalue weighted by Gasteiger charge is -2.28. The molecule has 110 valence electrons. The van der Waals surface area contributed by atoms with Crippen LogP contribution in [0.25, 0.3) is 0 Å². The summed E-state index contributed by atoms with van der Waals surface area (Å²) >= 11 is 0. The van der Waals surface area contributed by atoms with Crippen LogP contribution in [-0.4, -0.2) is 18.6 Å². The zero-order valence-electron chi connectivity index (χ0n) is 12.3. The van der Waals surface area contributed by atoms with E-state index in [4.69, 9.17) is 10.5 Å². The van der Waals surface area contributed by atoms with Gasteiger partial charge in [-0.05, 0) is 55.8 Å². The molecule has 2 unspecified atom stereocenters. The fourth-order valence-electron chi connectivity index (χ4n) is 2.91. The zero-order valence-corrected chi connectivity index (χ0v) is 12.3. The summed E-state index contributed by atoms with van der Waals surface area (Å²) in [5, 5.41) is 0. The first kappa shape index (κ1) is 15.0. The molecule has 1 aromatic carbocycles. The highest BCUT2D eigenvalue weighted by Gasteiger charge is 2.24. The summed E-state index contributed by atoms with van der Waals surface area (Å²) in [5.41, 5.74) is 7.32. The van der Waals surface area contributed by atoms with Gasteiger partial charge in [-0.1, -0.05) is 31.9 Å². The Labute approximate surface area is 121 Å². The van der Waals surface area contributed by atoms with Crippen molar-refractivity contribution in [3.8, 4) is 0 Å². The summed E-state index contributed by atoms with van der Waals surface area (Å²) < 4.78 is 5.65. The minimum Gasteiger partial charge on any atom is -0.459 e. The van der Waals surface area contributed by atoms with Crippen molar-refractivity contribution < 1.29 is 9.53 Å². The van der Waals surface area contributed by atoms with Gasteiger partial charge in [0.25, 0.3) is 0 Å². The molecule has 0 bridgehead atoms. The SMILES string of the molecule is CCC1CCCC(OC(=O)c2ccc(CCN)cc2)C1. The second-order valence-corrected chi connectivity index (χ2v) is 5.70. The average molecular weight is 275 g/mol. The molecular weight excluding hydrogens is 250 g/mol. The average Bonchev–Trinajstić information content (AvgIpc) is 2.48. The lowest BCUT2D eigenvalue weighted by atomic mass is 9.85. The molecule has 0 aromatic heterocycles. The van der Waals surface area contributed by atoms with E-state index in [1.165, 1.54) is 19.3 Å². The maximum absolute atomic E-state index is 12.1. The number of hydrogen-bond donors (Lipinski definition) is 1. The zero-order chi connectivity index (χ0) is 14.4. The predicted molar refractivity (Wildman–Crippen MR) is 80.7 cm³/mol. The lowest BCUT2D eigenvalue weighted by Crippen LogP contribution is -2.25. The fraction of sp³-hybridized carbons (Fsp3) is 0.588. The Bertz CT molecular complexity index is 427. The van der Waals surface area contributed by atoms with Crippen molar-refractivity contribution in [2.75, 3.05) is 6.54 Å². The van der Waals surface area contributed by atoms with Crippen LogP contribution in [0.2, 0.25) is 0 Å². The molecule has 1 aromatic rings. The standard InChI is InChI=1S/C17H25NO2/c1-2-13-4-3-5-16(12-13)20-17(19)15-8-6-14(7-9-15)10-11-18/h6-9,13,16H,2-5,10-12,18H2,1H3. The third kappa shape index (κ3) is 4.07. The Morgan fingerprint density at radius 2 is 2.05 bits per heavy atom. The molecule has 0 heterocycles. The van der Waals surface area contributed by atoms with E-state index in [9.17, 15) is 4.79 Å². The fourth-order valence-corrected chi connectivity index (χ4v) is 2.91. The molecule has 1 aliphatic carbocycles. The first-order valence-electron chi connectivity index (χ1n) is 7.73. The van der Waals surface area contributed by atoms with Crippen molar-refractivity contribution in [3.05, 3.63) is 35.4 Å². The summed E-state index contributed by atoms with van der Waals surface area (Å²) in [6, 6.07) is 7.60. The quantitative estimate of drug-likeness (QED) is 0.839. The summed E-state index contributed by atoms with van der Waals surface area (Å²) in [7, 11) is 0. The van der Waals surface area contributed by atoms with Gasteiger partial charge in [-0.25, -0.2) is 4.79 Å². The predicted octanol–water partition coefficient (Wildman–Crippen LogP) is 3.31. The van der Waals surface area contributed by atoms with Gasteiger partial charge in [0, 0.05) is 0 Å². The molecule has 0 amide bonds. The van der Waals surface area contributed by atoms with Crippen LogP contribution in [0, 0.1) is 5.92 Å². The second kappa shape index (κ2) is 7.44. The molecule has 2 atom stereocenters. The first-order chi connectivity index (χ1) is 9.72. The number of carbonyl (C=O) groups is 1. The van der Waals surface area contributed by atoms with Crippen molar-refractivity contribution in [2.45, 2.75) is 51.6 Å². The van der Waals surface area contributed by atoms with Crippen molar-refractivity contribution >= 4 is 5.97 Å². The topological polar surface area (TPSA) is 52.3 Å². The van der Waals surface area contributed by atoms with E-state index in [-0.39, 0.29) is 12.1 Å². The largest absolute Gasteiger partial charge is 0.459 e. The van der Waals surface area contributed by atoms with E-state index in [0.717, 1.165) is 24.8 Å². The summed E-state index contributed by atoms with van der Waals surface area (Å²) in [5.74, 6) is 0.527. The van der Waals surface area contributed by atoms with Gasteiger partial charge in [0.2, 0.25) is 0 Å². The Balaban J connectivity index is 1.90. The van der Waals surface area contributed by atoms with Crippen LogP contribution in [0.1, 0.15) is 54.9 Å². The van der Waals surface area contributed by atoms with Crippen LogP contribution < -0.4 is 5.73 Å². The minimum absolute atomic E-state index is 0.102. The number of hydrogen-bond acceptors (Lipinski definition) is 3. The van der Waals surface area contributed by atoms with Gasteiger partial charge >= 0.3 is 5.97 Å². The van der Waals surface area contributed by atoms with E-state index in [1.807, 2.05) is 24.3 Å². The van der Waals surface area contributed by atoms with Crippen molar-refractivity contribution in [3.63, 3.8) is 0 Å². The molecule has 0 radical (unpaired) electrons. The number of carbonyl (C=O) groups excluding carboxylic acids is 1. The Kier molecular flexibility index (Phi) is 5.60. The highest BCUT2D eigenvalue weighted by Crippen LogP contribution is 2.28. The molecule has 2 N–H and O–H groups in total. The molecule has 1 saturated carbocycles.